The molecular weight excluding hydrogens is 188 g/mol. The highest BCUT2D eigenvalue weighted by Gasteiger charge is 2.37. The summed E-state index contributed by atoms with van der Waals surface area (Å²) in [5.41, 5.74) is 0.201. The maximum atomic E-state index is 11.8. The van der Waals surface area contributed by atoms with Crippen molar-refractivity contribution in [2.45, 2.75) is 33.1 Å². The van der Waals surface area contributed by atoms with Gasteiger partial charge in [-0.3, -0.25) is 4.79 Å². The number of carbonyl (C=O) groups is 1. The molecule has 1 heterocycles. The van der Waals surface area contributed by atoms with Crippen LogP contribution >= 0.6 is 0 Å². The minimum Gasteiger partial charge on any atom is -0.346 e. The standard InChI is InChI=1S/C12H24N2O/c1-10(2)7-12(9-13-3)5-6-14(4)11(15)8-12/h10,13H,5-9H2,1-4H3. The van der Waals surface area contributed by atoms with Crippen LogP contribution in [0.3, 0.4) is 0 Å². The van der Waals surface area contributed by atoms with Gasteiger partial charge in [-0.1, -0.05) is 13.8 Å². The fourth-order valence-electron chi connectivity index (χ4n) is 2.71. The molecule has 3 nitrogen and oxygen atoms in total. The van der Waals surface area contributed by atoms with Gasteiger partial charge in [-0.05, 0) is 31.2 Å². The van der Waals surface area contributed by atoms with Crippen LogP contribution in [0.5, 0.6) is 0 Å². The van der Waals surface area contributed by atoms with Crippen LogP contribution in [0.15, 0.2) is 0 Å². The largest absolute Gasteiger partial charge is 0.346 e. The smallest absolute Gasteiger partial charge is 0.222 e. The van der Waals surface area contributed by atoms with E-state index in [1.165, 1.54) is 0 Å². The monoisotopic (exact) mass is 212 g/mol. The van der Waals surface area contributed by atoms with Gasteiger partial charge in [-0.15, -0.1) is 0 Å². The number of hydrogen-bond donors (Lipinski definition) is 1. The van der Waals surface area contributed by atoms with Crippen molar-refractivity contribution >= 4 is 5.91 Å². The predicted octanol–water partition coefficient (Wildman–Crippen LogP) is 1.49. The van der Waals surface area contributed by atoms with Crippen LogP contribution in [0.2, 0.25) is 0 Å². The first-order chi connectivity index (χ1) is 6.99. The zero-order valence-corrected chi connectivity index (χ0v) is 10.5. The number of piperidine rings is 1. The number of carbonyl (C=O) groups excluding carboxylic acids is 1. The van der Waals surface area contributed by atoms with Crippen molar-refractivity contribution < 1.29 is 4.79 Å². The van der Waals surface area contributed by atoms with E-state index in [0.717, 1.165) is 25.9 Å². The van der Waals surface area contributed by atoms with Crippen molar-refractivity contribution in [1.29, 1.82) is 0 Å². The molecule has 1 aliphatic heterocycles. The Hall–Kier alpha value is -0.570. The molecule has 3 heteroatoms. The van der Waals surface area contributed by atoms with E-state index in [1.807, 2.05) is 19.0 Å². The van der Waals surface area contributed by atoms with Gasteiger partial charge in [0.05, 0.1) is 0 Å². The van der Waals surface area contributed by atoms with Crippen molar-refractivity contribution in [1.82, 2.24) is 10.2 Å². The summed E-state index contributed by atoms with van der Waals surface area (Å²) < 4.78 is 0. The number of nitrogens with zero attached hydrogens (tertiary/aromatic N) is 1. The Labute approximate surface area is 93.2 Å². The molecule has 0 bridgehead atoms. The van der Waals surface area contributed by atoms with Crippen molar-refractivity contribution in [2.24, 2.45) is 11.3 Å². The SMILES string of the molecule is CNCC1(CC(C)C)CCN(C)C(=O)C1. The van der Waals surface area contributed by atoms with Gasteiger partial charge >= 0.3 is 0 Å². The van der Waals surface area contributed by atoms with Crippen LogP contribution in [0.1, 0.15) is 33.1 Å². The number of hydrogen-bond acceptors (Lipinski definition) is 2. The summed E-state index contributed by atoms with van der Waals surface area (Å²) in [6.45, 7) is 6.35. The lowest BCUT2D eigenvalue weighted by Crippen LogP contribution is -2.46. The third-order valence-corrected chi connectivity index (χ3v) is 3.32. The Morgan fingerprint density at radius 1 is 1.53 bits per heavy atom. The van der Waals surface area contributed by atoms with E-state index in [0.29, 0.717) is 18.2 Å². The van der Waals surface area contributed by atoms with Crippen LogP contribution < -0.4 is 5.32 Å². The molecule has 0 aromatic rings. The van der Waals surface area contributed by atoms with Crippen LogP contribution in [0.4, 0.5) is 0 Å². The summed E-state index contributed by atoms with van der Waals surface area (Å²) in [5.74, 6) is 0.965. The topological polar surface area (TPSA) is 32.3 Å². The molecule has 1 N–H and O–H groups in total. The van der Waals surface area contributed by atoms with Crippen LogP contribution in [-0.4, -0.2) is 38.0 Å². The third kappa shape index (κ3) is 3.20. The summed E-state index contributed by atoms with van der Waals surface area (Å²) >= 11 is 0. The fraction of sp³-hybridized carbons (Fsp3) is 0.917. The van der Waals surface area contributed by atoms with Crippen LogP contribution in [0.25, 0.3) is 0 Å². The molecule has 1 rings (SSSR count). The van der Waals surface area contributed by atoms with Crippen molar-refractivity contribution in [3.63, 3.8) is 0 Å². The third-order valence-electron chi connectivity index (χ3n) is 3.32. The zero-order valence-electron chi connectivity index (χ0n) is 10.5. The van der Waals surface area contributed by atoms with Gasteiger partial charge in [0.2, 0.25) is 5.91 Å². The number of likely N-dealkylation sites (tertiary alicyclic amines) is 1. The average molecular weight is 212 g/mol. The van der Waals surface area contributed by atoms with Gasteiger partial charge in [0.1, 0.15) is 0 Å². The van der Waals surface area contributed by atoms with Gasteiger partial charge < -0.3 is 10.2 Å². The second-order valence-electron chi connectivity index (χ2n) is 5.37. The zero-order chi connectivity index (χ0) is 11.5. The van der Waals surface area contributed by atoms with Gasteiger partial charge in [-0.2, -0.15) is 0 Å². The number of nitrogens with one attached hydrogen (secondary N) is 1. The van der Waals surface area contributed by atoms with E-state index in [-0.39, 0.29) is 5.41 Å². The molecule has 1 aliphatic rings. The van der Waals surface area contributed by atoms with Gasteiger partial charge in [0.25, 0.3) is 0 Å². The number of amides is 1. The predicted molar refractivity (Wildman–Crippen MR) is 62.7 cm³/mol. The average Bonchev–Trinajstić information content (AvgIpc) is 2.11. The molecule has 0 spiro atoms. The Balaban J connectivity index is 2.69. The highest BCUT2D eigenvalue weighted by molar-refractivity contribution is 5.77. The van der Waals surface area contributed by atoms with Crippen molar-refractivity contribution in [2.75, 3.05) is 27.2 Å². The molecule has 0 aromatic carbocycles. The molecule has 1 fully saturated rings. The molecule has 1 saturated heterocycles. The van der Waals surface area contributed by atoms with Crippen molar-refractivity contribution in [3.8, 4) is 0 Å². The highest BCUT2D eigenvalue weighted by Crippen LogP contribution is 2.37. The van der Waals surface area contributed by atoms with Gasteiger partial charge in [0.15, 0.2) is 0 Å². The molecule has 1 amide bonds. The molecule has 1 unspecified atom stereocenters. The molecule has 15 heavy (non-hydrogen) atoms. The Morgan fingerprint density at radius 3 is 2.67 bits per heavy atom. The Morgan fingerprint density at radius 2 is 2.20 bits per heavy atom. The first-order valence-corrected chi connectivity index (χ1v) is 5.88. The van der Waals surface area contributed by atoms with E-state index in [9.17, 15) is 4.79 Å². The molecule has 0 saturated carbocycles. The molecule has 0 aromatic heterocycles. The summed E-state index contributed by atoms with van der Waals surface area (Å²) in [5, 5.41) is 3.25. The van der Waals surface area contributed by atoms with E-state index in [1.54, 1.807) is 0 Å². The Bertz CT molecular complexity index is 228. The normalized spacial score (nSPS) is 27.5. The van der Waals surface area contributed by atoms with Crippen molar-refractivity contribution in [3.05, 3.63) is 0 Å². The molecule has 0 radical (unpaired) electrons. The number of rotatable bonds is 4. The molecule has 1 atom stereocenters. The first kappa shape index (κ1) is 12.5. The van der Waals surface area contributed by atoms with E-state index >= 15 is 0 Å². The molecule has 0 aliphatic carbocycles. The van der Waals surface area contributed by atoms with Crippen LogP contribution in [0, 0.1) is 11.3 Å². The second-order valence-corrected chi connectivity index (χ2v) is 5.37. The summed E-state index contributed by atoms with van der Waals surface area (Å²) in [6.07, 6.45) is 2.99. The summed E-state index contributed by atoms with van der Waals surface area (Å²) in [7, 11) is 3.88. The van der Waals surface area contributed by atoms with Gasteiger partial charge in [-0.25, -0.2) is 0 Å². The molecular formula is C12H24N2O. The van der Waals surface area contributed by atoms with E-state index in [2.05, 4.69) is 19.2 Å². The lowest BCUT2D eigenvalue weighted by Gasteiger charge is -2.41. The lowest BCUT2D eigenvalue weighted by molar-refractivity contribution is -0.136. The summed E-state index contributed by atoms with van der Waals surface area (Å²) in [4.78, 5) is 13.6. The van der Waals surface area contributed by atoms with Crippen LogP contribution in [-0.2, 0) is 4.79 Å². The second kappa shape index (κ2) is 4.97. The Kier molecular flexibility index (Phi) is 4.14. The summed E-state index contributed by atoms with van der Waals surface area (Å²) in [6, 6.07) is 0. The van der Waals surface area contributed by atoms with E-state index < -0.39 is 0 Å². The molecule has 88 valence electrons. The highest BCUT2D eigenvalue weighted by atomic mass is 16.2. The maximum absolute atomic E-state index is 11.8. The first-order valence-electron chi connectivity index (χ1n) is 5.88. The minimum absolute atomic E-state index is 0.201. The maximum Gasteiger partial charge on any atom is 0.222 e. The minimum atomic E-state index is 0.201. The van der Waals surface area contributed by atoms with E-state index in [4.69, 9.17) is 0 Å². The fourth-order valence-corrected chi connectivity index (χ4v) is 2.71. The van der Waals surface area contributed by atoms with Gasteiger partial charge in [0, 0.05) is 26.6 Å². The lowest BCUT2D eigenvalue weighted by atomic mass is 9.72. The quantitative estimate of drug-likeness (QED) is 0.766.